The molecular weight excluding hydrogens is 300 g/mol. The molecule has 0 aliphatic carbocycles. The minimum atomic E-state index is 0.997. The summed E-state index contributed by atoms with van der Waals surface area (Å²) < 4.78 is 0. The number of nitrogens with zero attached hydrogens (tertiary/aromatic N) is 2. The molecule has 0 amide bonds. The smallest absolute Gasteiger partial charge is 0.0705 e. The van der Waals surface area contributed by atoms with Crippen LogP contribution in [0.15, 0.2) is 36.5 Å². The number of aromatic nitrogens is 1. The van der Waals surface area contributed by atoms with Crippen LogP contribution in [0.1, 0.15) is 24.8 Å². The maximum Gasteiger partial charge on any atom is 0.0705 e. The van der Waals surface area contributed by atoms with Gasteiger partial charge >= 0.3 is 0 Å². The van der Waals surface area contributed by atoms with Crippen molar-refractivity contribution < 1.29 is 0 Å². The number of hydrogen-bond acceptors (Lipinski definition) is 2. The molecule has 0 aliphatic heterocycles. The molecule has 2 aromatic rings. The SMILES string of the molecule is CN(CCCCCBr)Cc1ccnc2ccccc12. The number of pyridine rings is 1. The van der Waals surface area contributed by atoms with Gasteiger partial charge in [-0.1, -0.05) is 40.5 Å². The first-order valence-electron chi connectivity index (χ1n) is 6.88. The highest BCUT2D eigenvalue weighted by Gasteiger charge is 2.04. The van der Waals surface area contributed by atoms with Gasteiger partial charge in [-0.15, -0.1) is 0 Å². The monoisotopic (exact) mass is 320 g/mol. The molecule has 0 bridgehead atoms. The second-order valence-corrected chi connectivity index (χ2v) is 5.77. The third-order valence-electron chi connectivity index (χ3n) is 3.35. The lowest BCUT2D eigenvalue weighted by atomic mass is 10.1. The highest BCUT2D eigenvalue weighted by atomic mass is 79.9. The summed E-state index contributed by atoms with van der Waals surface area (Å²) >= 11 is 3.48. The van der Waals surface area contributed by atoms with Crippen LogP contribution in [-0.4, -0.2) is 28.8 Å². The summed E-state index contributed by atoms with van der Waals surface area (Å²) in [4.78, 5) is 6.81. The summed E-state index contributed by atoms with van der Waals surface area (Å²) in [5.74, 6) is 0. The number of fused-ring (bicyclic) bond motifs is 1. The van der Waals surface area contributed by atoms with E-state index in [4.69, 9.17) is 0 Å². The van der Waals surface area contributed by atoms with Crippen molar-refractivity contribution in [2.75, 3.05) is 18.9 Å². The van der Waals surface area contributed by atoms with Gasteiger partial charge in [0.1, 0.15) is 0 Å². The molecule has 0 atom stereocenters. The van der Waals surface area contributed by atoms with E-state index in [0.29, 0.717) is 0 Å². The largest absolute Gasteiger partial charge is 0.302 e. The molecule has 0 spiro atoms. The first kappa shape index (κ1) is 14.5. The molecule has 0 unspecified atom stereocenters. The molecule has 1 aromatic carbocycles. The fourth-order valence-corrected chi connectivity index (χ4v) is 2.71. The molecule has 0 saturated heterocycles. The average Bonchev–Trinajstić information content (AvgIpc) is 2.44. The number of para-hydroxylation sites is 1. The molecule has 2 nitrogen and oxygen atoms in total. The van der Waals surface area contributed by atoms with Crippen molar-refractivity contribution in [2.45, 2.75) is 25.8 Å². The van der Waals surface area contributed by atoms with Crippen LogP contribution in [0.3, 0.4) is 0 Å². The molecule has 1 aromatic heterocycles. The standard InChI is InChI=1S/C16H21BrN2/c1-19(12-6-2-5-10-17)13-14-9-11-18-16-8-4-3-7-15(14)16/h3-4,7-9,11H,2,5-6,10,12-13H2,1H3. The van der Waals surface area contributed by atoms with Gasteiger partial charge in [-0.3, -0.25) is 4.98 Å². The lowest BCUT2D eigenvalue weighted by Crippen LogP contribution is -2.19. The van der Waals surface area contributed by atoms with Gasteiger partial charge in [0.25, 0.3) is 0 Å². The maximum absolute atomic E-state index is 4.41. The van der Waals surface area contributed by atoms with Gasteiger partial charge in [-0.25, -0.2) is 0 Å². The van der Waals surface area contributed by atoms with Gasteiger partial charge in [0.15, 0.2) is 0 Å². The summed E-state index contributed by atoms with van der Waals surface area (Å²) in [6, 6.07) is 10.5. The minimum Gasteiger partial charge on any atom is -0.302 e. The van der Waals surface area contributed by atoms with E-state index in [0.717, 1.165) is 23.9 Å². The zero-order chi connectivity index (χ0) is 13.5. The lowest BCUT2D eigenvalue weighted by molar-refractivity contribution is 0.319. The zero-order valence-corrected chi connectivity index (χ0v) is 13.1. The minimum absolute atomic E-state index is 0.997. The number of halogens is 1. The molecule has 2 rings (SSSR count). The number of alkyl halides is 1. The normalized spacial score (nSPS) is 11.3. The van der Waals surface area contributed by atoms with Crippen molar-refractivity contribution in [3.8, 4) is 0 Å². The second-order valence-electron chi connectivity index (χ2n) is 4.97. The zero-order valence-electron chi connectivity index (χ0n) is 11.5. The Balaban J connectivity index is 1.97. The Morgan fingerprint density at radius 3 is 2.79 bits per heavy atom. The number of unbranched alkanes of at least 4 members (excludes halogenated alkanes) is 2. The fraction of sp³-hybridized carbons (Fsp3) is 0.438. The van der Waals surface area contributed by atoms with E-state index < -0.39 is 0 Å². The lowest BCUT2D eigenvalue weighted by Gasteiger charge is -2.17. The van der Waals surface area contributed by atoms with Gasteiger partial charge in [0.2, 0.25) is 0 Å². The summed E-state index contributed by atoms with van der Waals surface area (Å²) in [7, 11) is 2.20. The van der Waals surface area contributed by atoms with Crippen LogP contribution < -0.4 is 0 Å². The van der Waals surface area contributed by atoms with Gasteiger partial charge in [0, 0.05) is 23.5 Å². The first-order valence-corrected chi connectivity index (χ1v) is 8.00. The summed E-state index contributed by atoms with van der Waals surface area (Å²) in [5, 5.41) is 2.39. The van der Waals surface area contributed by atoms with Gasteiger partial charge in [0.05, 0.1) is 5.52 Å². The Kier molecular flexibility index (Phi) is 5.80. The molecule has 0 aliphatic rings. The van der Waals surface area contributed by atoms with E-state index in [9.17, 15) is 0 Å². The highest BCUT2D eigenvalue weighted by molar-refractivity contribution is 9.09. The van der Waals surface area contributed by atoms with Crippen molar-refractivity contribution in [2.24, 2.45) is 0 Å². The van der Waals surface area contributed by atoms with Crippen LogP contribution in [-0.2, 0) is 6.54 Å². The Bertz CT molecular complexity index is 508. The van der Waals surface area contributed by atoms with Crippen molar-refractivity contribution >= 4 is 26.8 Å². The van der Waals surface area contributed by atoms with Gasteiger partial charge in [-0.05, 0) is 44.1 Å². The maximum atomic E-state index is 4.41. The summed E-state index contributed by atoms with van der Waals surface area (Å²) in [6.07, 6.45) is 5.75. The molecule has 19 heavy (non-hydrogen) atoms. The van der Waals surface area contributed by atoms with Crippen LogP contribution >= 0.6 is 15.9 Å². The van der Waals surface area contributed by atoms with Crippen LogP contribution in [0.4, 0.5) is 0 Å². The molecule has 0 radical (unpaired) electrons. The van der Waals surface area contributed by atoms with Crippen molar-refractivity contribution in [1.29, 1.82) is 0 Å². The Labute approximate surface area is 124 Å². The Morgan fingerprint density at radius 2 is 1.95 bits per heavy atom. The molecular formula is C16H21BrN2. The highest BCUT2D eigenvalue weighted by Crippen LogP contribution is 2.17. The van der Waals surface area contributed by atoms with E-state index in [1.807, 2.05) is 12.3 Å². The molecule has 0 fully saturated rings. The predicted octanol–water partition coefficient (Wildman–Crippen LogP) is 4.23. The van der Waals surface area contributed by atoms with Crippen LogP contribution in [0.2, 0.25) is 0 Å². The third-order valence-corrected chi connectivity index (χ3v) is 3.91. The first-order chi connectivity index (χ1) is 9.31. The van der Waals surface area contributed by atoms with Crippen LogP contribution in [0.25, 0.3) is 10.9 Å². The fourth-order valence-electron chi connectivity index (χ4n) is 2.32. The van der Waals surface area contributed by atoms with Crippen molar-refractivity contribution in [3.05, 3.63) is 42.1 Å². The van der Waals surface area contributed by atoms with Crippen molar-refractivity contribution in [1.82, 2.24) is 9.88 Å². The quantitative estimate of drug-likeness (QED) is 0.560. The molecule has 0 N–H and O–H groups in total. The van der Waals surface area contributed by atoms with Crippen LogP contribution in [0.5, 0.6) is 0 Å². The predicted molar refractivity (Wildman–Crippen MR) is 85.7 cm³/mol. The van der Waals surface area contributed by atoms with E-state index in [-0.39, 0.29) is 0 Å². The molecule has 0 saturated carbocycles. The van der Waals surface area contributed by atoms with Crippen LogP contribution in [0, 0.1) is 0 Å². The molecule has 3 heteroatoms. The summed E-state index contributed by atoms with van der Waals surface area (Å²) in [6.45, 7) is 2.15. The van der Waals surface area contributed by atoms with E-state index in [1.165, 1.54) is 30.2 Å². The number of hydrogen-bond donors (Lipinski definition) is 0. The summed E-state index contributed by atoms with van der Waals surface area (Å²) in [5.41, 5.74) is 2.46. The molecule has 1 heterocycles. The number of benzene rings is 1. The van der Waals surface area contributed by atoms with E-state index >= 15 is 0 Å². The van der Waals surface area contributed by atoms with E-state index in [1.54, 1.807) is 0 Å². The molecule has 102 valence electrons. The second kappa shape index (κ2) is 7.61. The Morgan fingerprint density at radius 1 is 1.11 bits per heavy atom. The topological polar surface area (TPSA) is 16.1 Å². The van der Waals surface area contributed by atoms with Gasteiger partial charge < -0.3 is 4.90 Å². The number of rotatable bonds is 7. The Hall–Kier alpha value is -0.930. The van der Waals surface area contributed by atoms with Gasteiger partial charge in [-0.2, -0.15) is 0 Å². The van der Waals surface area contributed by atoms with E-state index in [2.05, 4.69) is 57.1 Å². The van der Waals surface area contributed by atoms with Crippen molar-refractivity contribution in [3.63, 3.8) is 0 Å². The third kappa shape index (κ3) is 4.29. The average molecular weight is 321 g/mol.